The summed E-state index contributed by atoms with van der Waals surface area (Å²) in [6.07, 6.45) is 4.18. The van der Waals surface area contributed by atoms with Crippen LogP contribution in [-0.4, -0.2) is 26.8 Å². The molecular weight excluding hydrogens is 272 g/mol. The van der Waals surface area contributed by atoms with E-state index in [1.807, 2.05) is 37.3 Å². The lowest BCUT2D eigenvalue weighted by Crippen LogP contribution is -2.37. The molecule has 2 unspecified atom stereocenters. The first-order chi connectivity index (χ1) is 9.57. The van der Waals surface area contributed by atoms with Crippen molar-refractivity contribution in [2.24, 2.45) is 0 Å². The van der Waals surface area contributed by atoms with E-state index in [-0.39, 0.29) is 11.8 Å². The van der Waals surface area contributed by atoms with Gasteiger partial charge in [0.2, 0.25) is 10.0 Å². The number of hydrogen-bond donors (Lipinski definition) is 2. The molecule has 1 aliphatic rings. The van der Waals surface area contributed by atoms with Crippen molar-refractivity contribution in [2.45, 2.75) is 44.7 Å². The van der Waals surface area contributed by atoms with E-state index in [9.17, 15) is 8.42 Å². The average Bonchev–Trinajstić information content (AvgIpc) is 2.47. The van der Waals surface area contributed by atoms with Gasteiger partial charge in [-0.25, -0.2) is 13.1 Å². The molecule has 1 heterocycles. The van der Waals surface area contributed by atoms with Gasteiger partial charge in [0.15, 0.2) is 0 Å². The van der Waals surface area contributed by atoms with Crippen LogP contribution in [0.15, 0.2) is 30.3 Å². The number of hydrogen-bond acceptors (Lipinski definition) is 3. The highest BCUT2D eigenvalue weighted by Crippen LogP contribution is 2.14. The van der Waals surface area contributed by atoms with Crippen LogP contribution in [0.2, 0.25) is 0 Å². The van der Waals surface area contributed by atoms with Crippen LogP contribution in [0.25, 0.3) is 0 Å². The Balaban J connectivity index is 1.84. The monoisotopic (exact) mass is 296 g/mol. The molecule has 0 radical (unpaired) electrons. The fourth-order valence-corrected chi connectivity index (χ4v) is 3.99. The maximum atomic E-state index is 12.1. The number of benzene rings is 1. The Morgan fingerprint density at radius 1 is 1.30 bits per heavy atom. The van der Waals surface area contributed by atoms with Gasteiger partial charge in [0.25, 0.3) is 0 Å². The lowest BCUT2D eigenvalue weighted by atomic mass is 10.0. The topological polar surface area (TPSA) is 58.2 Å². The Morgan fingerprint density at radius 2 is 2.05 bits per heavy atom. The number of rotatable bonds is 6. The first-order valence-corrected chi connectivity index (χ1v) is 9.00. The molecule has 2 rings (SSSR count). The molecule has 2 N–H and O–H groups in total. The Labute approximate surface area is 122 Å². The van der Waals surface area contributed by atoms with Gasteiger partial charge in [-0.2, -0.15) is 0 Å². The summed E-state index contributed by atoms with van der Waals surface area (Å²) in [7, 11) is -3.22. The fraction of sp³-hybridized carbons (Fsp3) is 0.600. The summed E-state index contributed by atoms with van der Waals surface area (Å²) in [5, 5.41) is 3.38. The molecule has 0 amide bonds. The van der Waals surface area contributed by atoms with Crippen molar-refractivity contribution in [3.63, 3.8) is 0 Å². The molecule has 1 aliphatic heterocycles. The first kappa shape index (κ1) is 15.5. The van der Waals surface area contributed by atoms with Crippen molar-refractivity contribution in [1.82, 2.24) is 10.0 Å². The Hall–Kier alpha value is -0.910. The van der Waals surface area contributed by atoms with Gasteiger partial charge < -0.3 is 5.32 Å². The molecule has 0 spiro atoms. The summed E-state index contributed by atoms with van der Waals surface area (Å²) in [5.41, 5.74) is 0.992. The predicted molar refractivity (Wildman–Crippen MR) is 82.0 cm³/mol. The maximum absolute atomic E-state index is 12.1. The largest absolute Gasteiger partial charge is 0.314 e. The van der Waals surface area contributed by atoms with E-state index in [1.54, 1.807) is 0 Å². The molecule has 4 nitrogen and oxygen atoms in total. The predicted octanol–water partition coefficient (Wildman–Crippen LogP) is 2.20. The van der Waals surface area contributed by atoms with Crippen molar-refractivity contribution in [1.29, 1.82) is 0 Å². The highest BCUT2D eigenvalue weighted by atomic mass is 32.2. The van der Waals surface area contributed by atoms with E-state index >= 15 is 0 Å². The van der Waals surface area contributed by atoms with E-state index < -0.39 is 10.0 Å². The molecule has 0 aromatic heterocycles. The van der Waals surface area contributed by atoms with E-state index in [0.717, 1.165) is 18.5 Å². The highest BCUT2D eigenvalue weighted by Gasteiger charge is 2.19. The zero-order chi connectivity index (χ0) is 14.4. The molecule has 1 saturated heterocycles. The zero-order valence-corrected chi connectivity index (χ0v) is 12.8. The number of sulfonamides is 1. The SMILES string of the molecule is CC(NS(=O)(=O)CCC1CCCCN1)c1ccccc1. The van der Waals surface area contributed by atoms with Gasteiger partial charge in [-0.05, 0) is 38.3 Å². The van der Waals surface area contributed by atoms with Crippen molar-refractivity contribution in [3.8, 4) is 0 Å². The summed E-state index contributed by atoms with van der Waals surface area (Å²) in [5.74, 6) is 0.196. The van der Waals surface area contributed by atoms with Gasteiger partial charge >= 0.3 is 0 Å². The zero-order valence-electron chi connectivity index (χ0n) is 12.0. The van der Waals surface area contributed by atoms with Gasteiger partial charge in [0, 0.05) is 12.1 Å². The van der Waals surface area contributed by atoms with E-state index in [4.69, 9.17) is 0 Å². The van der Waals surface area contributed by atoms with Crippen LogP contribution >= 0.6 is 0 Å². The molecule has 112 valence electrons. The van der Waals surface area contributed by atoms with Crippen molar-refractivity contribution >= 4 is 10.0 Å². The normalized spacial score (nSPS) is 21.6. The van der Waals surface area contributed by atoms with Gasteiger partial charge in [-0.1, -0.05) is 36.8 Å². The molecule has 1 fully saturated rings. The van der Waals surface area contributed by atoms with Gasteiger partial charge in [0.05, 0.1) is 5.75 Å². The van der Waals surface area contributed by atoms with Crippen molar-refractivity contribution in [2.75, 3.05) is 12.3 Å². The van der Waals surface area contributed by atoms with Gasteiger partial charge in [0.1, 0.15) is 0 Å². The molecule has 20 heavy (non-hydrogen) atoms. The van der Waals surface area contributed by atoms with E-state index in [1.165, 1.54) is 12.8 Å². The van der Waals surface area contributed by atoms with Crippen molar-refractivity contribution < 1.29 is 8.42 Å². The number of nitrogens with one attached hydrogen (secondary N) is 2. The summed E-state index contributed by atoms with van der Waals surface area (Å²) < 4.78 is 27.0. The molecule has 2 atom stereocenters. The molecule has 0 aliphatic carbocycles. The van der Waals surface area contributed by atoms with Crippen LogP contribution in [-0.2, 0) is 10.0 Å². The van der Waals surface area contributed by atoms with Crippen LogP contribution in [0.5, 0.6) is 0 Å². The third-order valence-corrected chi connectivity index (χ3v) is 5.29. The third kappa shape index (κ3) is 4.89. The molecular formula is C15H24N2O2S. The van der Waals surface area contributed by atoms with Crippen LogP contribution in [0.3, 0.4) is 0 Å². The van der Waals surface area contributed by atoms with E-state index in [0.29, 0.717) is 12.5 Å². The quantitative estimate of drug-likeness (QED) is 0.846. The van der Waals surface area contributed by atoms with Gasteiger partial charge in [-0.15, -0.1) is 0 Å². The second-order valence-electron chi connectivity index (χ2n) is 5.50. The minimum absolute atomic E-state index is 0.180. The molecule has 0 saturated carbocycles. The summed E-state index contributed by atoms with van der Waals surface area (Å²) in [6.45, 7) is 2.89. The van der Waals surface area contributed by atoms with E-state index in [2.05, 4.69) is 10.0 Å². The van der Waals surface area contributed by atoms with Gasteiger partial charge in [-0.3, -0.25) is 0 Å². The first-order valence-electron chi connectivity index (χ1n) is 7.35. The Kier molecular flexibility index (Phi) is 5.57. The van der Waals surface area contributed by atoms with Crippen LogP contribution in [0, 0.1) is 0 Å². The Bertz CT molecular complexity index is 496. The minimum atomic E-state index is -3.22. The molecule has 0 bridgehead atoms. The highest BCUT2D eigenvalue weighted by molar-refractivity contribution is 7.89. The molecule has 1 aromatic carbocycles. The molecule has 5 heteroatoms. The third-order valence-electron chi connectivity index (χ3n) is 3.80. The second-order valence-corrected chi connectivity index (χ2v) is 7.38. The summed E-state index contributed by atoms with van der Waals surface area (Å²) >= 11 is 0. The summed E-state index contributed by atoms with van der Waals surface area (Å²) in [4.78, 5) is 0. The summed E-state index contributed by atoms with van der Waals surface area (Å²) in [6, 6.07) is 9.83. The fourth-order valence-electron chi connectivity index (χ4n) is 2.61. The van der Waals surface area contributed by atoms with Crippen LogP contribution in [0.1, 0.15) is 44.2 Å². The second kappa shape index (κ2) is 7.20. The standard InChI is InChI=1S/C15H24N2O2S/c1-13(14-7-3-2-4-8-14)17-20(18,19)12-10-15-9-5-6-11-16-15/h2-4,7-8,13,15-17H,5-6,9-12H2,1H3. The maximum Gasteiger partial charge on any atom is 0.212 e. The lowest BCUT2D eigenvalue weighted by molar-refractivity contribution is 0.392. The average molecular weight is 296 g/mol. The van der Waals surface area contributed by atoms with Crippen LogP contribution in [0.4, 0.5) is 0 Å². The van der Waals surface area contributed by atoms with Crippen LogP contribution < -0.4 is 10.0 Å². The molecule has 1 aromatic rings. The minimum Gasteiger partial charge on any atom is -0.314 e. The van der Waals surface area contributed by atoms with Crippen molar-refractivity contribution in [3.05, 3.63) is 35.9 Å². The Morgan fingerprint density at radius 3 is 2.70 bits per heavy atom. The smallest absolute Gasteiger partial charge is 0.212 e. The number of piperidine rings is 1. The lowest BCUT2D eigenvalue weighted by Gasteiger charge is -2.23.